The lowest BCUT2D eigenvalue weighted by atomic mass is 9.93. The van der Waals surface area contributed by atoms with Crippen molar-refractivity contribution in [2.45, 2.75) is 59.8 Å². The van der Waals surface area contributed by atoms with Gasteiger partial charge in [-0.15, -0.1) is 0 Å². The SMILES string of the molecule is CCc1nc2c(-c3cc(C)c(OC)cc3C)ncc(C(CC)CC)c2[nH]1. The van der Waals surface area contributed by atoms with Gasteiger partial charge in [-0.3, -0.25) is 4.98 Å². The Kier molecular flexibility index (Phi) is 5.30. The van der Waals surface area contributed by atoms with Gasteiger partial charge in [0.2, 0.25) is 0 Å². The second-order valence-corrected chi connectivity index (χ2v) is 6.97. The molecule has 1 N–H and O–H groups in total. The van der Waals surface area contributed by atoms with Crippen LogP contribution >= 0.6 is 0 Å². The maximum Gasteiger partial charge on any atom is 0.122 e. The van der Waals surface area contributed by atoms with Crippen molar-refractivity contribution in [2.75, 3.05) is 7.11 Å². The Morgan fingerprint density at radius 1 is 1.08 bits per heavy atom. The van der Waals surface area contributed by atoms with Crippen molar-refractivity contribution < 1.29 is 4.74 Å². The van der Waals surface area contributed by atoms with Crippen LogP contribution in [0.3, 0.4) is 0 Å². The lowest BCUT2D eigenvalue weighted by molar-refractivity contribution is 0.411. The quantitative estimate of drug-likeness (QED) is 0.618. The molecular formula is C22H29N3O. The van der Waals surface area contributed by atoms with Crippen molar-refractivity contribution in [1.82, 2.24) is 15.0 Å². The number of aromatic amines is 1. The van der Waals surface area contributed by atoms with Crippen LogP contribution in [0.2, 0.25) is 0 Å². The Morgan fingerprint density at radius 3 is 2.42 bits per heavy atom. The molecule has 0 saturated carbocycles. The molecule has 4 heteroatoms. The number of aromatic nitrogens is 3. The van der Waals surface area contributed by atoms with E-state index >= 15 is 0 Å². The third-order valence-electron chi connectivity index (χ3n) is 5.36. The highest BCUT2D eigenvalue weighted by Crippen LogP contribution is 2.36. The summed E-state index contributed by atoms with van der Waals surface area (Å²) in [5.41, 5.74) is 7.75. The van der Waals surface area contributed by atoms with Gasteiger partial charge in [-0.1, -0.05) is 20.8 Å². The largest absolute Gasteiger partial charge is 0.496 e. The Labute approximate surface area is 156 Å². The number of benzene rings is 1. The van der Waals surface area contributed by atoms with Crippen LogP contribution in [0.5, 0.6) is 5.75 Å². The molecule has 0 unspecified atom stereocenters. The molecule has 0 atom stereocenters. The summed E-state index contributed by atoms with van der Waals surface area (Å²) in [7, 11) is 1.71. The van der Waals surface area contributed by atoms with Gasteiger partial charge < -0.3 is 9.72 Å². The van der Waals surface area contributed by atoms with Crippen molar-refractivity contribution in [1.29, 1.82) is 0 Å². The van der Waals surface area contributed by atoms with Gasteiger partial charge in [0, 0.05) is 18.2 Å². The van der Waals surface area contributed by atoms with Crippen LogP contribution < -0.4 is 4.74 Å². The summed E-state index contributed by atoms with van der Waals surface area (Å²) >= 11 is 0. The lowest BCUT2D eigenvalue weighted by Crippen LogP contribution is -2.00. The molecule has 3 rings (SSSR count). The predicted molar refractivity (Wildman–Crippen MR) is 108 cm³/mol. The normalized spacial score (nSPS) is 11.5. The van der Waals surface area contributed by atoms with E-state index in [1.807, 2.05) is 6.20 Å². The minimum Gasteiger partial charge on any atom is -0.496 e. The van der Waals surface area contributed by atoms with Crippen LogP contribution in [0.1, 0.15) is 62.0 Å². The zero-order valence-corrected chi connectivity index (χ0v) is 16.7. The Morgan fingerprint density at radius 2 is 1.81 bits per heavy atom. The smallest absolute Gasteiger partial charge is 0.122 e. The van der Waals surface area contributed by atoms with E-state index in [1.165, 1.54) is 5.56 Å². The van der Waals surface area contributed by atoms with Crippen molar-refractivity contribution >= 4 is 11.0 Å². The van der Waals surface area contributed by atoms with Gasteiger partial charge in [0.15, 0.2) is 0 Å². The van der Waals surface area contributed by atoms with Gasteiger partial charge in [0.05, 0.1) is 18.3 Å². The first kappa shape index (κ1) is 18.4. The number of hydrogen-bond donors (Lipinski definition) is 1. The first-order valence-corrected chi connectivity index (χ1v) is 9.56. The van der Waals surface area contributed by atoms with Crippen LogP contribution in [0, 0.1) is 13.8 Å². The van der Waals surface area contributed by atoms with Crippen LogP contribution in [-0.4, -0.2) is 22.1 Å². The van der Waals surface area contributed by atoms with E-state index < -0.39 is 0 Å². The number of hydrogen-bond acceptors (Lipinski definition) is 3. The summed E-state index contributed by atoms with van der Waals surface area (Å²) < 4.78 is 5.46. The Hall–Kier alpha value is -2.36. The van der Waals surface area contributed by atoms with Gasteiger partial charge in [0.25, 0.3) is 0 Å². The third kappa shape index (κ3) is 3.09. The molecule has 0 bridgehead atoms. The molecule has 0 aliphatic heterocycles. The standard InChI is InChI=1S/C22H29N3O/c1-7-15(8-2)17-12-23-20(22-21(17)24-19(9-3)25-22)16-10-14(5)18(26-6)11-13(16)4/h10-12,15H,7-9H2,1-6H3,(H,24,25). The second kappa shape index (κ2) is 7.48. The summed E-state index contributed by atoms with van der Waals surface area (Å²) in [5.74, 6) is 2.43. The molecule has 26 heavy (non-hydrogen) atoms. The first-order chi connectivity index (χ1) is 12.5. The predicted octanol–water partition coefficient (Wildman–Crippen LogP) is 5.72. The minimum atomic E-state index is 0.503. The lowest BCUT2D eigenvalue weighted by Gasteiger charge is -2.16. The average Bonchev–Trinajstić information content (AvgIpc) is 3.09. The molecular weight excluding hydrogens is 322 g/mol. The summed E-state index contributed by atoms with van der Waals surface area (Å²) in [6, 6.07) is 4.24. The molecule has 0 spiro atoms. The fourth-order valence-corrected chi connectivity index (χ4v) is 3.73. The van der Waals surface area contributed by atoms with Gasteiger partial charge in [-0.05, 0) is 61.4 Å². The fraction of sp³-hybridized carbons (Fsp3) is 0.455. The molecule has 0 radical (unpaired) electrons. The third-order valence-corrected chi connectivity index (χ3v) is 5.36. The van der Waals surface area contributed by atoms with Crippen molar-refractivity contribution in [3.05, 3.63) is 40.8 Å². The van der Waals surface area contributed by atoms with Gasteiger partial charge in [-0.2, -0.15) is 0 Å². The maximum atomic E-state index is 5.46. The van der Waals surface area contributed by atoms with Crippen molar-refractivity contribution in [2.24, 2.45) is 0 Å². The number of methoxy groups -OCH3 is 1. The average molecular weight is 351 g/mol. The molecule has 2 aromatic heterocycles. The summed E-state index contributed by atoms with van der Waals surface area (Å²) in [6.07, 6.45) is 5.14. The zero-order chi connectivity index (χ0) is 18.8. The molecule has 0 fully saturated rings. The highest BCUT2D eigenvalue weighted by Gasteiger charge is 2.19. The zero-order valence-electron chi connectivity index (χ0n) is 16.7. The number of aryl methyl sites for hydroxylation is 3. The summed E-state index contributed by atoms with van der Waals surface area (Å²) in [5, 5.41) is 0. The molecule has 0 aliphatic carbocycles. The number of pyridine rings is 1. The molecule has 4 nitrogen and oxygen atoms in total. The number of nitrogens with zero attached hydrogens (tertiary/aromatic N) is 2. The van der Waals surface area contributed by atoms with Gasteiger partial charge in [-0.25, -0.2) is 4.98 Å². The van der Waals surface area contributed by atoms with Gasteiger partial charge in [0.1, 0.15) is 17.1 Å². The Balaban J connectivity index is 2.27. The first-order valence-electron chi connectivity index (χ1n) is 9.56. The van der Waals surface area contributed by atoms with E-state index in [0.717, 1.165) is 64.3 Å². The minimum absolute atomic E-state index is 0.503. The molecule has 0 saturated heterocycles. The molecule has 1 aromatic carbocycles. The van der Waals surface area contributed by atoms with Crippen LogP contribution in [0.15, 0.2) is 18.3 Å². The number of fused-ring (bicyclic) bond motifs is 1. The number of ether oxygens (including phenoxy) is 1. The maximum absolute atomic E-state index is 5.46. The monoisotopic (exact) mass is 351 g/mol. The van der Waals surface area contributed by atoms with E-state index in [2.05, 4.69) is 51.7 Å². The summed E-state index contributed by atoms with van der Waals surface area (Å²) in [4.78, 5) is 13.3. The number of imidazole rings is 1. The molecule has 2 heterocycles. The van der Waals surface area contributed by atoms with Crippen molar-refractivity contribution in [3.8, 4) is 17.0 Å². The number of H-pyrrole nitrogens is 1. The molecule has 3 aromatic rings. The Bertz CT molecular complexity index is 923. The van der Waals surface area contributed by atoms with E-state index in [0.29, 0.717) is 5.92 Å². The molecule has 0 amide bonds. The topological polar surface area (TPSA) is 50.8 Å². The van der Waals surface area contributed by atoms with E-state index in [9.17, 15) is 0 Å². The summed E-state index contributed by atoms with van der Waals surface area (Å²) in [6.45, 7) is 10.8. The fourth-order valence-electron chi connectivity index (χ4n) is 3.73. The second-order valence-electron chi connectivity index (χ2n) is 6.97. The highest BCUT2D eigenvalue weighted by atomic mass is 16.5. The van der Waals surface area contributed by atoms with Gasteiger partial charge >= 0.3 is 0 Å². The van der Waals surface area contributed by atoms with Crippen LogP contribution in [0.25, 0.3) is 22.3 Å². The highest BCUT2D eigenvalue weighted by molar-refractivity contribution is 5.92. The van der Waals surface area contributed by atoms with Crippen molar-refractivity contribution in [3.63, 3.8) is 0 Å². The molecule has 0 aliphatic rings. The van der Waals surface area contributed by atoms with Crippen LogP contribution in [-0.2, 0) is 6.42 Å². The van der Waals surface area contributed by atoms with E-state index in [1.54, 1.807) is 7.11 Å². The number of rotatable bonds is 6. The molecule has 138 valence electrons. The van der Waals surface area contributed by atoms with E-state index in [4.69, 9.17) is 14.7 Å². The number of nitrogens with one attached hydrogen (secondary N) is 1. The van der Waals surface area contributed by atoms with E-state index in [-0.39, 0.29) is 0 Å². The van der Waals surface area contributed by atoms with Crippen LogP contribution in [0.4, 0.5) is 0 Å².